The first-order valence-corrected chi connectivity index (χ1v) is 5.51. The highest BCUT2D eigenvalue weighted by atomic mass is 16.4. The molecule has 0 bridgehead atoms. The van der Waals surface area contributed by atoms with Crippen LogP contribution in [0.5, 0.6) is 0 Å². The molecule has 18 heavy (non-hydrogen) atoms. The lowest BCUT2D eigenvalue weighted by molar-refractivity contribution is -0.116. The molecule has 0 saturated carbocycles. The average Bonchev–Trinajstić information content (AvgIpc) is 2.25. The van der Waals surface area contributed by atoms with Crippen LogP contribution in [-0.2, 0) is 4.79 Å². The second-order valence-corrected chi connectivity index (χ2v) is 4.24. The first kappa shape index (κ1) is 13.8. The van der Waals surface area contributed by atoms with E-state index in [0.717, 1.165) is 0 Å². The maximum absolute atomic E-state index is 11.2. The van der Waals surface area contributed by atoms with Crippen LogP contribution in [0.1, 0.15) is 24.2 Å². The second kappa shape index (κ2) is 5.39. The van der Waals surface area contributed by atoms with Crippen LogP contribution in [0, 0.1) is 0 Å². The van der Waals surface area contributed by atoms with E-state index in [4.69, 9.17) is 16.6 Å². The van der Waals surface area contributed by atoms with E-state index in [0.29, 0.717) is 11.4 Å². The monoisotopic (exact) mass is 251 g/mol. The molecule has 0 atom stereocenters. The van der Waals surface area contributed by atoms with Gasteiger partial charge in [0, 0.05) is 6.04 Å². The molecule has 1 amide bonds. The maximum Gasteiger partial charge on any atom is 0.337 e. The highest BCUT2D eigenvalue weighted by Crippen LogP contribution is 2.29. The van der Waals surface area contributed by atoms with E-state index in [1.165, 1.54) is 6.07 Å². The average molecular weight is 251 g/mol. The van der Waals surface area contributed by atoms with E-state index < -0.39 is 11.9 Å². The van der Waals surface area contributed by atoms with E-state index in [1.54, 1.807) is 17.0 Å². The number of nitrogens with two attached hydrogens (primary N) is 2. The third-order valence-corrected chi connectivity index (χ3v) is 2.53. The number of para-hydroxylation sites is 1. The summed E-state index contributed by atoms with van der Waals surface area (Å²) < 4.78 is 0. The molecule has 0 aliphatic carbocycles. The fraction of sp³-hybridized carbons (Fsp3) is 0.333. The zero-order valence-electron chi connectivity index (χ0n) is 10.4. The molecule has 0 unspecified atom stereocenters. The Labute approximate surface area is 105 Å². The molecule has 0 aromatic heterocycles. The van der Waals surface area contributed by atoms with E-state index in [-0.39, 0.29) is 18.2 Å². The van der Waals surface area contributed by atoms with Crippen LogP contribution in [0.15, 0.2) is 18.2 Å². The van der Waals surface area contributed by atoms with Gasteiger partial charge in [0.1, 0.15) is 0 Å². The first-order valence-electron chi connectivity index (χ1n) is 5.51. The largest absolute Gasteiger partial charge is 0.478 e. The van der Waals surface area contributed by atoms with Crippen molar-refractivity contribution in [3.8, 4) is 0 Å². The number of carboxylic acids is 1. The Morgan fingerprint density at radius 1 is 1.39 bits per heavy atom. The summed E-state index contributed by atoms with van der Waals surface area (Å²) >= 11 is 0. The van der Waals surface area contributed by atoms with Gasteiger partial charge in [-0.2, -0.15) is 0 Å². The Kier molecular flexibility index (Phi) is 4.14. The van der Waals surface area contributed by atoms with Gasteiger partial charge in [-0.25, -0.2) is 4.79 Å². The van der Waals surface area contributed by atoms with Crippen LogP contribution in [0.2, 0.25) is 0 Å². The Balaban J connectivity index is 3.34. The van der Waals surface area contributed by atoms with Crippen LogP contribution in [0.25, 0.3) is 0 Å². The summed E-state index contributed by atoms with van der Waals surface area (Å²) in [6.07, 6.45) is 0. The Bertz CT molecular complexity index is 472. The van der Waals surface area contributed by atoms with Gasteiger partial charge in [0.25, 0.3) is 0 Å². The van der Waals surface area contributed by atoms with Crippen LogP contribution >= 0.6 is 0 Å². The molecule has 1 aromatic carbocycles. The summed E-state index contributed by atoms with van der Waals surface area (Å²) in [5, 5.41) is 9.16. The minimum Gasteiger partial charge on any atom is -0.478 e. The molecule has 6 heteroatoms. The molecule has 0 radical (unpaired) electrons. The number of nitrogens with zero attached hydrogens (tertiary/aromatic N) is 1. The van der Waals surface area contributed by atoms with Crippen molar-refractivity contribution in [1.82, 2.24) is 0 Å². The van der Waals surface area contributed by atoms with Crippen LogP contribution in [0.3, 0.4) is 0 Å². The molecule has 1 aromatic rings. The summed E-state index contributed by atoms with van der Waals surface area (Å²) in [7, 11) is 0. The third kappa shape index (κ3) is 2.91. The zero-order chi connectivity index (χ0) is 13.9. The highest BCUT2D eigenvalue weighted by molar-refractivity contribution is 5.99. The van der Waals surface area contributed by atoms with Crippen LogP contribution < -0.4 is 16.4 Å². The fourth-order valence-corrected chi connectivity index (χ4v) is 1.74. The van der Waals surface area contributed by atoms with E-state index >= 15 is 0 Å². The van der Waals surface area contributed by atoms with Crippen molar-refractivity contribution in [3.63, 3.8) is 0 Å². The minimum atomic E-state index is -1.09. The molecule has 0 saturated heterocycles. The minimum absolute atomic E-state index is 0.0601. The number of nitrogen functional groups attached to an aromatic ring is 1. The number of hydrogen-bond donors (Lipinski definition) is 3. The van der Waals surface area contributed by atoms with Crippen LogP contribution in [0.4, 0.5) is 11.4 Å². The predicted molar refractivity (Wildman–Crippen MR) is 69.5 cm³/mol. The molecule has 98 valence electrons. The van der Waals surface area contributed by atoms with Gasteiger partial charge in [-0.15, -0.1) is 0 Å². The molecule has 0 aliphatic heterocycles. The van der Waals surface area contributed by atoms with Gasteiger partial charge in [0.2, 0.25) is 5.91 Å². The number of amides is 1. The lowest BCUT2D eigenvalue weighted by Gasteiger charge is -2.30. The lowest BCUT2D eigenvalue weighted by atomic mass is 10.1. The summed E-state index contributed by atoms with van der Waals surface area (Å²) in [6.45, 7) is 3.59. The van der Waals surface area contributed by atoms with Gasteiger partial charge >= 0.3 is 5.97 Å². The molecule has 0 aliphatic rings. The Morgan fingerprint density at radius 3 is 2.44 bits per heavy atom. The van der Waals surface area contributed by atoms with E-state index in [2.05, 4.69) is 0 Å². The Morgan fingerprint density at radius 2 is 2.00 bits per heavy atom. The van der Waals surface area contributed by atoms with Crippen molar-refractivity contribution in [1.29, 1.82) is 0 Å². The number of primary amides is 1. The molecule has 0 heterocycles. The normalized spacial score (nSPS) is 10.4. The lowest BCUT2D eigenvalue weighted by Crippen LogP contribution is -2.39. The fourth-order valence-electron chi connectivity index (χ4n) is 1.74. The van der Waals surface area contributed by atoms with Crippen molar-refractivity contribution in [3.05, 3.63) is 23.8 Å². The highest BCUT2D eigenvalue weighted by Gasteiger charge is 2.22. The number of hydrogen-bond acceptors (Lipinski definition) is 4. The molecule has 6 nitrogen and oxygen atoms in total. The summed E-state index contributed by atoms with van der Waals surface area (Å²) in [5.41, 5.74) is 11.7. The summed E-state index contributed by atoms with van der Waals surface area (Å²) in [6, 6.07) is 4.51. The van der Waals surface area contributed by atoms with Gasteiger partial charge in [0.15, 0.2) is 0 Å². The van der Waals surface area contributed by atoms with Crippen molar-refractivity contribution < 1.29 is 14.7 Å². The molecular formula is C12H17N3O3. The van der Waals surface area contributed by atoms with Gasteiger partial charge in [-0.3, -0.25) is 4.79 Å². The number of anilines is 2. The third-order valence-electron chi connectivity index (χ3n) is 2.53. The van der Waals surface area contributed by atoms with Crippen molar-refractivity contribution >= 4 is 23.3 Å². The SMILES string of the molecule is CC(C)N(CC(N)=O)c1c(N)cccc1C(=O)O. The van der Waals surface area contributed by atoms with Gasteiger partial charge in [-0.1, -0.05) is 6.07 Å². The molecule has 1 rings (SSSR count). The number of benzene rings is 1. The predicted octanol–water partition coefficient (Wildman–Crippen LogP) is 0.667. The quantitative estimate of drug-likeness (QED) is 0.666. The van der Waals surface area contributed by atoms with Gasteiger partial charge in [0.05, 0.1) is 23.5 Å². The van der Waals surface area contributed by atoms with Crippen molar-refractivity contribution in [2.75, 3.05) is 17.2 Å². The smallest absolute Gasteiger partial charge is 0.337 e. The standard InChI is InChI=1S/C12H17N3O3/c1-7(2)15(6-10(14)16)11-8(12(17)18)4-3-5-9(11)13/h3-5,7H,6,13H2,1-2H3,(H2,14,16)(H,17,18). The summed E-state index contributed by atoms with van der Waals surface area (Å²) in [5.74, 6) is -1.63. The molecular weight excluding hydrogens is 234 g/mol. The van der Waals surface area contributed by atoms with Crippen molar-refractivity contribution in [2.45, 2.75) is 19.9 Å². The maximum atomic E-state index is 11.2. The second-order valence-electron chi connectivity index (χ2n) is 4.24. The van der Waals surface area contributed by atoms with Crippen LogP contribution in [-0.4, -0.2) is 29.6 Å². The number of rotatable bonds is 5. The Hall–Kier alpha value is -2.24. The van der Waals surface area contributed by atoms with Gasteiger partial charge < -0.3 is 21.5 Å². The first-order chi connectivity index (χ1) is 8.34. The molecule has 0 fully saturated rings. The van der Waals surface area contributed by atoms with Gasteiger partial charge in [-0.05, 0) is 26.0 Å². The summed E-state index contributed by atoms with van der Waals surface area (Å²) in [4.78, 5) is 23.8. The number of carbonyl (C=O) groups is 2. The van der Waals surface area contributed by atoms with Crippen molar-refractivity contribution in [2.24, 2.45) is 5.73 Å². The number of carbonyl (C=O) groups excluding carboxylic acids is 1. The van der Waals surface area contributed by atoms with E-state index in [9.17, 15) is 9.59 Å². The number of aromatic carboxylic acids is 1. The molecule has 5 N–H and O–H groups in total. The molecule has 0 spiro atoms. The zero-order valence-corrected chi connectivity index (χ0v) is 10.4. The topological polar surface area (TPSA) is 110 Å². The number of carboxylic acid groups (broad SMARTS) is 1. The van der Waals surface area contributed by atoms with E-state index in [1.807, 2.05) is 13.8 Å².